The van der Waals surface area contributed by atoms with Crippen molar-refractivity contribution in [2.75, 3.05) is 24.5 Å². The number of nitrogens with one attached hydrogen (secondary N) is 1. The normalized spacial score (nSPS) is 22.1. The fourth-order valence-electron chi connectivity index (χ4n) is 2.98. The van der Waals surface area contributed by atoms with Crippen molar-refractivity contribution in [3.63, 3.8) is 0 Å². The summed E-state index contributed by atoms with van der Waals surface area (Å²) in [6.45, 7) is 8.58. The third kappa shape index (κ3) is 3.30. The summed E-state index contributed by atoms with van der Waals surface area (Å²) in [6, 6.07) is 5.13. The van der Waals surface area contributed by atoms with E-state index in [2.05, 4.69) is 24.1 Å². The standard InChI is InChI=1S/C16H25FN2O/c1-4-18-11(2)15-9-14(17)5-6-16(15)19-8-7-13(10-19)12(3)20/h5-6,9,11-13,18,20H,4,7-8,10H2,1-3H3. The monoisotopic (exact) mass is 280 g/mol. The van der Waals surface area contributed by atoms with Crippen LogP contribution in [-0.2, 0) is 0 Å². The Kier molecular flexibility index (Phi) is 5.00. The number of halogens is 1. The van der Waals surface area contributed by atoms with Gasteiger partial charge in [0.1, 0.15) is 5.82 Å². The van der Waals surface area contributed by atoms with Gasteiger partial charge in [0, 0.05) is 30.7 Å². The van der Waals surface area contributed by atoms with Crippen LogP contribution in [0.4, 0.5) is 10.1 Å². The molecule has 1 fully saturated rings. The molecule has 4 heteroatoms. The van der Waals surface area contributed by atoms with Crippen molar-refractivity contribution >= 4 is 5.69 Å². The Morgan fingerprint density at radius 2 is 2.20 bits per heavy atom. The molecule has 3 atom stereocenters. The van der Waals surface area contributed by atoms with Gasteiger partial charge in [0.05, 0.1) is 6.10 Å². The minimum absolute atomic E-state index is 0.122. The summed E-state index contributed by atoms with van der Waals surface area (Å²) in [5, 5.41) is 13.1. The number of aliphatic hydroxyl groups is 1. The molecule has 1 aromatic rings. The van der Waals surface area contributed by atoms with E-state index in [1.54, 1.807) is 6.07 Å². The summed E-state index contributed by atoms with van der Waals surface area (Å²) in [5.41, 5.74) is 2.08. The molecule has 0 aliphatic carbocycles. The lowest BCUT2D eigenvalue weighted by Gasteiger charge is -2.26. The summed E-state index contributed by atoms with van der Waals surface area (Å²) < 4.78 is 13.6. The zero-order valence-electron chi connectivity index (χ0n) is 12.6. The molecule has 112 valence electrons. The van der Waals surface area contributed by atoms with Crippen LogP contribution in [0.15, 0.2) is 18.2 Å². The van der Waals surface area contributed by atoms with Crippen LogP contribution in [0.2, 0.25) is 0 Å². The van der Waals surface area contributed by atoms with Gasteiger partial charge >= 0.3 is 0 Å². The molecule has 1 heterocycles. The zero-order chi connectivity index (χ0) is 14.7. The van der Waals surface area contributed by atoms with Gasteiger partial charge in [-0.1, -0.05) is 6.92 Å². The van der Waals surface area contributed by atoms with Crippen LogP contribution in [0.25, 0.3) is 0 Å². The van der Waals surface area contributed by atoms with E-state index in [9.17, 15) is 9.50 Å². The first-order chi connectivity index (χ1) is 9.52. The first-order valence-electron chi connectivity index (χ1n) is 7.48. The molecule has 0 radical (unpaired) electrons. The first kappa shape index (κ1) is 15.3. The van der Waals surface area contributed by atoms with Crippen molar-refractivity contribution in [3.05, 3.63) is 29.6 Å². The van der Waals surface area contributed by atoms with E-state index in [0.717, 1.165) is 37.3 Å². The third-order valence-electron chi connectivity index (χ3n) is 4.21. The van der Waals surface area contributed by atoms with Crippen LogP contribution in [0.3, 0.4) is 0 Å². The SMILES string of the molecule is CCNC(C)c1cc(F)ccc1N1CCC(C(C)O)C1. The van der Waals surface area contributed by atoms with Gasteiger partial charge in [-0.3, -0.25) is 0 Å². The number of hydrogen-bond donors (Lipinski definition) is 2. The van der Waals surface area contributed by atoms with Gasteiger partial charge in [0.2, 0.25) is 0 Å². The highest BCUT2D eigenvalue weighted by Crippen LogP contribution is 2.32. The molecule has 20 heavy (non-hydrogen) atoms. The molecule has 3 nitrogen and oxygen atoms in total. The second-order valence-corrected chi connectivity index (χ2v) is 5.72. The summed E-state index contributed by atoms with van der Waals surface area (Å²) in [5.74, 6) is 0.113. The largest absolute Gasteiger partial charge is 0.393 e. The quantitative estimate of drug-likeness (QED) is 0.870. The predicted molar refractivity (Wildman–Crippen MR) is 80.5 cm³/mol. The van der Waals surface area contributed by atoms with Crippen molar-refractivity contribution < 1.29 is 9.50 Å². The second kappa shape index (κ2) is 6.55. The topological polar surface area (TPSA) is 35.5 Å². The number of aliphatic hydroxyl groups excluding tert-OH is 1. The molecule has 2 rings (SSSR count). The van der Waals surface area contributed by atoms with Crippen molar-refractivity contribution in [3.8, 4) is 0 Å². The molecular formula is C16H25FN2O. The van der Waals surface area contributed by atoms with Gasteiger partial charge in [-0.25, -0.2) is 4.39 Å². The van der Waals surface area contributed by atoms with E-state index in [0.29, 0.717) is 5.92 Å². The Labute approximate surface area is 120 Å². The second-order valence-electron chi connectivity index (χ2n) is 5.72. The van der Waals surface area contributed by atoms with Crippen molar-refractivity contribution in [2.24, 2.45) is 5.92 Å². The summed E-state index contributed by atoms with van der Waals surface area (Å²) in [6.07, 6.45) is 0.708. The molecule has 1 aliphatic rings. The summed E-state index contributed by atoms with van der Waals surface area (Å²) in [4.78, 5) is 2.26. The van der Waals surface area contributed by atoms with E-state index in [1.807, 2.05) is 13.0 Å². The average molecular weight is 280 g/mol. The molecule has 0 amide bonds. The Bertz CT molecular complexity index is 450. The number of rotatable bonds is 5. The molecular weight excluding hydrogens is 255 g/mol. The lowest BCUT2D eigenvalue weighted by atomic mass is 10.0. The maximum absolute atomic E-state index is 13.6. The maximum Gasteiger partial charge on any atom is 0.123 e. The van der Waals surface area contributed by atoms with Crippen LogP contribution >= 0.6 is 0 Å². The molecule has 0 aromatic heterocycles. The fraction of sp³-hybridized carbons (Fsp3) is 0.625. The molecule has 0 bridgehead atoms. The lowest BCUT2D eigenvalue weighted by Crippen LogP contribution is -2.27. The molecule has 1 saturated heterocycles. The van der Waals surface area contributed by atoms with Gasteiger partial charge in [0.25, 0.3) is 0 Å². The molecule has 1 aliphatic heterocycles. The highest BCUT2D eigenvalue weighted by molar-refractivity contribution is 5.56. The molecule has 0 spiro atoms. The van der Waals surface area contributed by atoms with E-state index in [-0.39, 0.29) is 18.0 Å². The van der Waals surface area contributed by atoms with Crippen LogP contribution in [0.1, 0.15) is 38.8 Å². The summed E-state index contributed by atoms with van der Waals surface area (Å²) >= 11 is 0. The number of hydrogen-bond acceptors (Lipinski definition) is 3. The van der Waals surface area contributed by atoms with E-state index >= 15 is 0 Å². The predicted octanol–water partition coefficient (Wildman–Crippen LogP) is 2.70. The maximum atomic E-state index is 13.6. The summed E-state index contributed by atoms with van der Waals surface area (Å²) in [7, 11) is 0. The van der Waals surface area contributed by atoms with E-state index in [1.165, 1.54) is 6.07 Å². The Morgan fingerprint density at radius 3 is 2.80 bits per heavy atom. The Hall–Kier alpha value is -1.13. The number of benzene rings is 1. The lowest BCUT2D eigenvalue weighted by molar-refractivity contribution is 0.136. The fourth-order valence-corrected chi connectivity index (χ4v) is 2.98. The molecule has 0 saturated carbocycles. The smallest absolute Gasteiger partial charge is 0.123 e. The zero-order valence-corrected chi connectivity index (χ0v) is 12.6. The van der Waals surface area contributed by atoms with Crippen LogP contribution in [0, 0.1) is 11.7 Å². The highest BCUT2D eigenvalue weighted by atomic mass is 19.1. The van der Waals surface area contributed by atoms with Gasteiger partial charge in [0.15, 0.2) is 0 Å². The average Bonchev–Trinajstić information content (AvgIpc) is 2.88. The highest BCUT2D eigenvalue weighted by Gasteiger charge is 2.28. The molecule has 1 aromatic carbocycles. The van der Waals surface area contributed by atoms with Gasteiger partial charge in [-0.15, -0.1) is 0 Å². The molecule has 3 unspecified atom stereocenters. The minimum Gasteiger partial charge on any atom is -0.393 e. The first-order valence-corrected chi connectivity index (χ1v) is 7.48. The van der Waals surface area contributed by atoms with Crippen LogP contribution in [-0.4, -0.2) is 30.8 Å². The van der Waals surface area contributed by atoms with E-state index < -0.39 is 0 Å². The van der Waals surface area contributed by atoms with Crippen LogP contribution < -0.4 is 10.2 Å². The van der Waals surface area contributed by atoms with Gasteiger partial charge < -0.3 is 15.3 Å². The van der Waals surface area contributed by atoms with Crippen molar-refractivity contribution in [2.45, 2.75) is 39.3 Å². The number of nitrogens with zero attached hydrogens (tertiary/aromatic N) is 1. The minimum atomic E-state index is -0.282. The third-order valence-corrected chi connectivity index (χ3v) is 4.21. The Morgan fingerprint density at radius 1 is 1.45 bits per heavy atom. The van der Waals surface area contributed by atoms with Crippen molar-refractivity contribution in [1.82, 2.24) is 5.32 Å². The van der Waals surface area contributed by atoms with Crippen molar-refractivity contribution in [1.29, 1.82) is 0 Å². The number of anilines is 1. The van der Waals surface area contributed by atoms with E-state index in [4.69, 9.17) is 0 Å². The van der Waals surface area contributed by atoms with Gasteiger partial charge in [-0.05, 0) is 50.6 Å². The molecule has 2 N–H and O–H groups in total. The van der Waals surface area contributed by atoms with Gasteiger partial charge in [-0.2, -0.15) is 0 Å². The van der Waals surface area contributed by atoms with Crippen LogP contribution in [0.5, 0.6) is 0 Å². The Balaban J connectivity index is 2.23.